The highest BCUT2D eigenvalue weighted by Crippen LogP contribution is 2.26. The lowest BCUT2D eigenvalue weighted by molar-refractivity contribution is 0.0746. The van der Waals surface area contributed by atoms with Gasteiger partial charge in [0.15, 0.2) is 0 Å². The van der Waals surface area contributed by atoms with E-state index in [0.29, 0.717) is 42.9 Å². The molecule has 0 bridgehead atoms. The van der Waals surface area contributed by atoms with Crippen LogP contribution in [0.2, 0.25) is 0 Å². The van der Waals surface area contributed by atoms with Crippen LogP contribution < -0.4 is 9.62 Å². The first-order valence-electron chi connectivity index (χ1n) is 12.7. The number of rotatable bonds is 5. The number of carbonyl (C=O) groups is 1. The molecule has 1 amide bonds. The molecule has 0 spiro atoms. The van der Waals surface area contributed by atoms with Gasteiger partial charge in [0.25, 0.3) is 15.9 Å². The fourth-order valence-electron chi connectivity index (χ4n) is 4.71. The number of pyridine rings is 1. The van der Waals surface area contributed by atoms with Crippen LogP contribution in [-0.2, 0) is 15.4 Å². The van der Waals surface area contributed by atoms with Crippen LogP contribution >= 0.6 is 0 Å². The molecule has 2 heterocycles. The standard InChI is InChI=1S/C30H32N4O3S/c1-30(2,3)24-11-9-23(10-12-24)29(35)34-20-18-33(19-21-34)26-15-13-25(14-16-26)32-38(36,37)27-8-4-6-22-7-5-17-31-28(22)27/h4-17,32H,18-21H2,1-3H3. The summed E-state index contributed by atoms with van der Waals surface area (Å²) in [6.07, 6.45) is 1.59. The zero-order chi connectivity index (χ0) is 26.9. The molecule has 1 fully saturated rings. The molecule has 8 heteroatoms. The fourth-order valence-corrected chi connectivity index (χ4v) is 5.95. The molecule has 1 N–H and O–H groups in total. The number of nitrogens with zero attached hydrogens (tertiary/aromatic N) is 3. The van der Waals surface area contributed by atoms with E-state index < -0.39 is 10.0 Å². The molecule has 7 nitrogen and oxygen atoms in total. The number of fused-ring (bicyclic) bond motifs is 1. The number of carbonyl (C=O) groups excluding carboxylic acids is 1. The van der Waals surface area contributed by atoms with E-state index in [1.54, 1.807) is 36.5 Å². The van der Waals surface area contributed by atoms with Gasteiger partial charge in [-0.1, -0.05) is 51.1 Å². The molecule has 1 aromatic heterocycles. The van der Waals surface area contributed by atoms with Crippen LogP contribution in [0.1, 0.15) is 36.7 Å². The van der Waals surface area contributed by atoms with Crippen molar-refractivity contribution in [3.05, 3.63) is 96.2 Å². The Balaban J connectivity index is 1.21. The summed E-state index contributed by atoms with van der Waals surface area (Å²) < 4.78 is 28.8. The lowest BCUT2D eigenvalue weighted by Gasteiger charge is -2.36. The van der Waals surface area contributed by atoms with Crippen molar-refractivity contribution in [2.24, 2.45) is 0 Å². The number of sulfonamides is 1. The van der Waals surface area contributed by atoms with Gasteiger partial charge in [-0.25, -0.2) is 8.42 Å². The van der Waals surface area contributed by atoms with Gasteiger partial charge in [0.05, 0.1) is 5.52 Å². The maximum absolute atomic E-state index is 13.1. The molecule has 196 valence electrons. The molecule has 4 aromatic rings. The average molecular weight is 529 g/mol. The van der Waals surface area contributed by atoms with Gasteiger partial charge in [-0.15, -0.1) is 0 Å². The van der Waals surface area contributed by atoms with Gasteiger partial charge in [0.2, 0.25) is 0 Å². The maximum Gasteiger partial charge on any atom is 0.264 e. The summed E-state index contributed by atoms with van der Waals surface area (Å²) in [5.41, 5.74) is 3.88. The zero-order valence-corrected chi connectivity index (χ0v) is 22.7. The topological polar surface area (TPSA) is 82.6 Å². The molecule has 0 aliphatic carbocycles. The molecule has 3 aromatic carbocycles. The summed E-state index contributed by atoms with van der Waals surface area (Å²) in [5.74, 6) is 0.0535. The largest absolute Gasteiger partial charge is 0.368 e. The van der Waals surface area contributed by atoms with Gasteiger partial charge in [0, 0.05) is 54.7 Å². The third-order valence-electron chi connectivity index (χ3n) is 6.93. The van der Waals surface area contributed by atoms with Gasteiger partial charge >= 0.3 is 0 Å². The van der Waals surface area contributed by atoms with Crippen LogP contribution in [0.3, 0.4) is 0 Å². The number of hydrogen-bond donors (Lipinski definition) is 1. The molecule has 1 saturated heterocycles. The Kier molecular flexibility index (Phi) is 6.84. The first kappa shape index (κ1) is 25.7. The molecule has 0 radical (unpaired) electrons. The minimum atomic E-state index is -3.80. The summed E-state index contributed by atoms with van der Waals surface area (Å²) in [4.78, 5) is 21.5. The Morgan fingerprint density at radius 2 is 1.50 bits per heavy atom. The van der Waals surface area contributed by atoms with Crippen LogP contribution in [-0.4, -0.2) is 50.4 Å². The van der Waals surface area contributed by atoms with Crippen LogP contribution in [0.5, 0.6) is 0 Å². The highest BCUT2D eigenvalue weighted by Gasteiger charge is 2.24. The van der Waals surface area contributed by atoms with Crippen molar-refractivity contribution in [1.29, 1.82) is 0 Å². The highest BCUT2D eigenvalue weighted by molar-refractivity contribution is 7.93. The first-order chi connectivity index (χ1) is 18.1. The lowest BCUT2D eigenvalue weighted by Crippen LogP contribution is -2.48. The van der Waals surface area contributed by atoms with Crippen LogP contribution in [0.25, 0.3) is 10.9 Å². The molecule has 38 heavy (non-hydrogen) atoms. The molecule has 5 rings (SSSR count). The summed E-state index contributed by atoms with van der Waals surface area (Å²) in [7, 11) is -3.80. The van der Waals surface area contributed by atoms with Crippen molar-refractivity contribution >= 4 is 38.2 Å². The van der Waals surface area contributed by atoms with Crippen LogP contribution in [0.4, 0.5) is 11.4 Å². The van der Waals surface area contributed by atoms with Gasteiger partial charge in [-0.05, 0) is 59.5 Å². The Morgan fingerprint density at radius 1 is 0.842 bits per heavy atom. The Labute approximate surface area is 224 Å². The first-order valence-corrected chi connectivity index (χ1v) is 14.2. The minimum Gasteiger partial charge on any atom is -0.368 e. The summed E-state index contributed by atoms with van der Waals surface area (Å²) in [6, 6.07) is 24.0. The number of para-hydroxylation sites is 1. The molecule has 1 aliphatic heterocycles. The van der Waals surface area contributed by atoms with Crippen LogP contribution in [0.15, 0.2) is 90.0 Å². The summed E-state index contributed by atoms with van der Waals surface area (Å²) in [5, 5.41) is 0.769. The van der Waals surface area contributed by atoms with Gasteiger partial charge < -0.3 is 9.80 Å². The summed E-state index contributed by atoms with van der Waals surface area (Å²) in [6.45, 7) is 9.15. The second-order valence-electron chi connectivity index (χ2n) is 10.6. The van der Waals surface area contributed by atoms with E-state index in [4.69, 9.17) is 0 Å². The lowest BCUT2D eigenvalue weighted by atomic mass is 9.86. The van der Waals surface area contributed by atoms with E-state index in [2.05, 4.69) is 35.4 Å². The second-order valence-corrected chi connectivity index (χ2v) is 12.2. The smallest absolute Gasteiger partial charge is 0.264 e. The van der Waals surface area contributed by atoms with Crippen molar-refractivity contribution < 1.29 is 13.2 Å². The number of piperazine rings is 1. The number of anilines is 2. The monoisotopic (exact) mass is 528 g/mol. The predicted octanol–water partition coefficient (Wildman–Crippen LogP) is 5.30. The molecule has 0 saturated carbocycles. The average Bonchev–Trinajstić information content (AvgIpc) is 2.92. The van der Waals surface area contributed by atoms with E-state index in [1.807, 2.05) is 53.4 Å². The normalized spacial score (nSPS) is 14.5. The predicted molar refractivity (Wildman–Crippen MR) is 152 cm³/mol. The van der Waals surface area contributed by atoms with E-state index in [1.165, 1.54) is 5.56 Å². The third-order valence-corrected chi connectivity index (χ3v) is 8.35. The molecular weight excluding hydrogens is 496 g/mol. The quantitative estimate of drug-likeness (QED) is 0.380. The van der Waals surface area contributed by atoms with Gasteiger partial charge in [-0.3, -0.25) is 14.5 Å². The van der Waals surface area contributed by atoms with E-state index in [0.717, 1.165) is 11.1 Å². The fraction of sp³-hybridized carbons (Fsp3) is 0.267. The van der Waals surface area contributed by atoms with Gasteiger partial charge in [0.1, 0.15) is 4.90 Å². The number of aromatic nitrogens is 1. The van der Waals surface area contributed by atoms with Crippen molar-refractivity contribution in [3.63, 3.8) is 0 Å². The SMILES string of the molecule is CC(C)(C)c1ccc(C(=O)N2CCN(c3ccc(NS(=O)(=O)c4cccc5cccnc45)cc3)CC2)cc1. The third kappa shape index (κ3) is 5.36. The zero-order valence-electron chi connectivity index (χ0n) is 21.9. The number of benzene rings is 3. The Morgan fingerprint density at radius 3 is 2.16 bits per heavy atom. The van der Waals surface area contributed by atoms with Crippen molar-refractivity contribution in [2.75, 3.05) is 35.8 Å². The molecular formula is C30H32N4O3S. The number of nitrogens with one attached hydrogen (secondary N) is 1. The van der Waals surface area contributed by atoms with Crippen LogP contribution in [0, 0.1) is 0 Å². The maximum atomic E-state index is 13.1. The summed E-state index contributed by atoms with van der Waals surface area (Å²) >= 11 is 0. The number of hydrogen-bond acceptors (Lipinski definition) is 5. The van der Waals surface area contributed by atoms with Crippen molar-refractivity contribution in [1.82, 2.24) is 9.88 Å². The molecule has 0 atom stereocenters. The van der Waals surface area contributed by atoms with Crippen molar-refractivity contribution in [3.8, 4) is 0 Å². The molecule has 0 unspecified atom stereocenters. The number of amides is 1. The Bertz CT molecular complexity index is 1550. The van der Waals surface area contributed by atoms with E-state index >= 15 is 0 Å². The van der Waals surface area contributed by atoms with Crippen molar-refractivity contribution in [2.45, 2.75) is 31.1 Å². The highest BCUT2D eigenvalue weighted by atomic mass is 32.2. The minimum absolute atomic E-state index is 0.0512. The molecule has 1 aliphatic rings. The Hall–Kier alpha value is -3.91. The second kappa shape index (κ2) is 10.1. The van der Waals surface area contributed by atoms with Gasteiger partial charge in [-0.2, -0.15) is 0 Å². The van der Waals surface area contributed by atoms with E-state index in [-0.39, 0.29) is 16.2 Å². The van der Waals surface area contributed by atoms with E-state index in [9.17, 15) is 13.2 Å².